The number of carbonyl (C=O) groups excluding carboxylic acids is 1. The SMILES string of the molecule is CC(C)n1cc(C(=O)Nc2ccc(Oc3ccnc(Nc4ccnc(N5CCCC5)n4)c3)c(F)c2)c(=O)n(-c2ccc(F)cc2)c1=O. The van der Waals surface area contributed by atoms with Gasteiger partial charge in [0.2, 0.25) is 5.95 Å². The molecule has 6 rings (SSSR count). The van der Waals surface area contributed by atoms with Gasteiger partial charge in [0.15, 0.2) is 11.6 Å². The zero-order valence-electron chi connectivity index (χ0n) is 25.5. The molecule has 1 amide bonds. The molecule has 2 N–H and O–H groups in total. The average Bonchev–Trinajstić information content (AvgIpc) is 3.59. The van der Waals surface area contributed by atoms with Crippen molar-refractivity contribution in [2.75, 3.05) is 28.6 Å². The van der Waals surface area contributed by atoms with Gasteiger partial charge < -0.3 is 20.3 Å². The molecule has 0 unspecified atom stereocenters. The lowest BCUT2D eigenvalue weighted by molar-refractivity contribution is 0.102. The normalized spacial score (nSPS) is 12.7. The van der Waals surface area contributed by atoms with E-state index in [0.717, 1.165) is 54.9 Å². The van der Waals surface area contributed by atoms with Crippen LogP contribution in [0.1, 0.15) is 43.1 Å². The minimum absolute atomic E-state index is 0.0459. The van der Waals surface area contributed by atoms with Crippen LogP contribution in [0.3, 0.4) is 0 Å². The second-order valence-corrected chi connectivity index (χ2v) is 11.1. The molecule has 240 valence electrons. The lowest BCUT2D eigenvalue weighted by Gasteiger charge is -2.16. The highest BCUT2D eigenvalue weighted by atomic mass is 19.1. The molecule has 5 aromatic rings. The maximum absolute atomic E-state index is 15.2. The fraction of sp³-hybridized carbons (Fsp3) is 0.212. The molecule has 12 nitrogen and oxygen atoms in total. The van der Waals surface area contributed by atoms with Gasteiger partial charge in [0.1, 0.15) is 28.8 Å². The molecule has 47 heavy (non-hydrogen) atoms. The third kappa shape index (κ3) is 6.85. The van der Waals surface area contributed by atoms with Gasteiger partial charge in [-0.25, -0.2) is 28.1 Å². The molecule has 1 saturated heterocycles. The van der Waals surface area contributed by atoms with Crippen LogP contribution in [0.4, 0.5) is 32.1 Å². The molecule has 14 heteroatoms. The van der Waals surface area contributed by atoms with E-state index in [1.807, 2.05) is 0 Å². The third-order valence-corrected chi connectivity index (χ3v) is 7.44. The summed E-state index contributed by atoms with van der Waals surface area (Å²) in [6.45, 7) is 5.23. The predicted octanol–water partition coefficient (Wildman–Crippen LogP) is 5.43. The van der Waals surface area contributed by atoms with Crippen LogP contribution in [0.2, 0.25) is 0 Å². The van der Waals surface area contributed by atoms with Gasteiger partial charge in [0.05, 0.1) is 5.69 Å². The maximum Gasteiger partial charge on any atom is 0.335 e. The molecular weight excluding hydrogens is 610 g/mol. The summed E-state index contributed by atoms with van der Waals surface area (Å²) >= 11 is 0. The molecule has 3 aromatic heterocycles. The Morgan fingerprint density at radius 2 is 1.66 bits per heavy atom. The lowest BCUT2D eigenvalue weighted by Crippen LogP contribution is -2.42. The van der Waals surface area contributed by atoms with E-state index in [1.165, 1.54) is 35.0 Å². The van der Waals surface area contributed by atoms with Crippen LogP contribution < -0.4 is 31.5 Å². The standard InChI is InChI=1S/C33H30F2N8O4/c1-20(2)42-19-25(31(45)43(33(42)46)23-8-5-21(34)6-9-23)30(44)38-22-7-10-27(26(35)17-22)47-24-11-13-36-29(18-24)39-28-12-14-37-32(40-28)41-15-3-4-16-41/h5-14,17-20H,3-4,15-16H2,1-2H3,(H,38,44)(H,36,37,39,40). The number of nitrogens with one attached hydrogen (secondary N) is 2. The quantitative estimate of drug-likeness (QED) is 0.216. The smallest absolute Gasteiger partial charge is 0.335 e. The van der Waals surface area contributed by atoms with Crippen LogP contribution in [0.5, 0.6) is 11.5 Å². The Balaban J connectivity index is 1.19. The molecule has 0 atom stereocenters. The van der Waals surface area contributed by atoms with Crippen LogP contribution in [-0.4, -0.2) is 43.1 Å². The minimum atomic E-state index is -0.909. The number of hydrogen-bond acceptors (Lipinski definition) is 9. The second-order valence-electron chi connectivity index (χ2n) is 11.1. The van der Waals surface area contributed by atoms with Crippen LogP contribution >= 0.6 is 0 Å². The second kappa shape index (κ2) is 13.2. The van der Waals surface area contributed by atoms with Crippen molar-refractivity contribution in [3.05, 3.63) is 117 Å². The van der Waals surface area contributed by atoms with E-state index in [-0.39, 0.29) is 22.7 Å². The Kier molecular flexibility index (Phi) is 8.73. The van der Waals surface area contributed by atoms with Crippen molar-refractivity contribution < 1.29 is 18.3 Å². The number of rotatable bonds is 9. The molecular formula is C33H30F2N8O4. The number of carbonyl (C=O) groups is 1. The van der Waals surface area contributed by atoms with Gasteiger partial charge in [0, 0.05) is 55.5 Å². The molecule has 4 heterocycles. The van der Waals surface area contributed by atoms with Crippen LogP contribution in [-0.2, 0) is 0 Å². The third-order valence-electron chi connectivity index (χ3n) is 7.44. The summed E-state index contributed by atoms with van der Waals surface area (Å²) in [6.07, 6.45) is 6.52. The number of hydrogen-bond donors (Lipinski definition) is 2. The van der Waals surface area contributed by atoms with Crippen LogP contribution in [0.15, 0.2) is 88.8 Å². The number of aromatic nitrogens is 5. The Labute approximate surface area is 267 Å². The molecule has 0 bridgehead atoms. The number of halogens is 2. The highest BCUT2D eigenvalue weighted by molar-refractivity contribution is 6.03. The Hall–Kier alpha value is -5.92. The van der Waals surface area contributed by atoms with Crippen molar-refractivity contribution in [1.82, 2.24) is 24.1 Å². The minimum Gasteiger partial charge on any atom is -0.454 e. The van der Waals surface area contributed by atoms with Gasteiger partial charge in [0.25, 0.3) is 11.5 Å². The highest BCUT2D eigenvalue weighted by Crippen LogP contribution is 2.29. The summed E-state index contributed by atoms with van der Waals surface area (Å²) in [5.74, 6) is -0.419. The van der Waals surface area contributed by atoms with Crippen molar-refractivity contribution in [3.63, 3.8) is 0 Å². The van der Waals surface area contributed by atoms with E-state index < -0.39 is 34.8 Å². The first-order valence-corrected chi connectivity index (χ1v) is 14.9. The number of benzene rings is 2. The Morgan fingerprint density at radius 1 is 0.915 bits per heavy atom. The number of ether oxygens (including phenoxy) is 1. The van der Waals surface area contributed by atoms with E-state index in [1.54, 1.807) is 38.2 Å². The largest absolute Gasteiger partial charge is 0.454 e. The van der Waals surface area contributed by atoms with Crippen LogP contribution in [0.25, 0.3) is 5.69 Å². The summed E-state index contributed by atoms with van der Waals surface area (Å²) < 4.78 is 36.5. The molecule has 0 radical (unpaired) electrons. The van der Waals surface area contributed by atoms with Crippen molar-refractivity contribution in [2.24, 2.45) is 0 Å². The fourth-order valence-electron chi connectivity index (χ4n) is 5.06. The maximum atomic E-state index is 15.2. The van der Waals surface area contributed by atoms with Crippen molar-refractivity contribution in [3.8, 4) is 17.2 Å². The summed E-state index contributed by atoms with van der Waals surface area (Å²) in [4.78, 5) is 54.9. The Bertz CT molecular complexity index is 2060. The van der Waals surface area contributed by atoms with E-state index in [2.05, 4.69) is 30.5 Å². The molecule has 2 aromatic carbocycles. The molecule has 1 aliphatic rings. The summed E-state index contributed by atoms with van der Waals surface area (Å²) in [6, 6.07) is 13.0. The van der Waals surface area contributed by atoms with E-state index in [9.17, 15) is 18.8 Å². The molecule has 0 spiro atoms. The van der Waals surface area contributed by atoms with Gasteiger partial charge in [-0.1, -0.05) is 0 Å². The van der Waals surface area contributed by atoms with Gasteiger partial charge in [-0.05, 0) is 75.2 Å². The zero-order valence-corrected chi connectivity index (χ0v) is 25.5. The average molecular weight is 641 g/mol. The van der Waals surface area contributed by atoms with Crippen molar-refractivity contribution >= 4 is 29.2 Å². The van der Waals surface area contributed by atoms with Gasteiger partial charge in [-0.15, -0.1) is 0 Å². The van der Waals surface area contributed by atoms with Crippen molar-refractivity contribution in [1.29, 1.82) is 0 Å². The highest BCUT2D eigenvalue weighted by Gasteiger charge is 2.21. The number of nitrogens with zero attached hydrogens (tertiary/aromatic N) is 6. The number of amides is 1. The topological polar surface area (TPSA) is 136 Å². The summed E-state index contributed by atoms with van der Waals surface area (Å²) in [5, 5.41) is 5.62. The first-order valence-electron chi connectivity index (χ1n) is 14.9. The van der Waals surface area contributed by atoms with Crippen LogP contribution in [0, 0.1) is 11.6 Å². The monoisotopic (exact) mass is 640 g/mol. The zero-order chi connectivity index (χ0) is 33.1. The number of pyridine rings is 1. The van der Waals surface area contributed by atoms with E-state index in [0.29, 0.717) is 23.3 Å². The van der Waals surface area contributed by atoms with Gasteiger partial charge >= 0.3 is 5.69 Å². The number of anilines is 4. The van der Waals surface area contributed by atoms with E-state index in [4.69, 9.17) is 4.74 Å². The molecule has 0 aliphatic carbocycles. The fourth-order valence-corrected chi connectivity index (χ4v) is 5.06. The van der Waals surface area contributed by atoms with E-state index >= 15 is 4.39 Å². The first kappa shape index (κ1) is 31.1. The predicted molar refractivity (Wildman–Crippen MR) is 172 cm³/mol. The summed E-state index contributed by atoms with van der Waals surface area (Å²) in [7, 11) is 0. The molecule has 1 fully saturated rings. The first-order chi connectivity index (χ1) is 22.7. The van der Waals surface area contributed by atoms with Gasteiger partial charge in [-0.2, -0.15) is 4.98 Å². The molecule has 0 saturated carbocycles. The Morgan fingerprint density at radius 3 is 2.38 bits per heavy atom. The summed E-state index contributed by atoms with van der Waals surface area (Å²) in [5.41, 5.74) is -1.83. The van der Waals surface area contributed by atoms with Crippen molar-refractivity contribution in [2.45, 2.75) is 32.7 Å². The lowest BCUT2D eigenvalue weighted by atomic mass is 10.2. The molecule has 1 aliphatic heterocycles. The van der Waals surface area contributed by atoms with Gasteiger partial charge in [-0.3, -0.25) is 14.2 Å².